The first-order valence-corrected chi connectivity index (χ1v) is 9.97. The van der Waals surface area contributed by atoms with E-state index in [1.807, 2.05) is 27.7 Å². The number of hydrogen-bond donors (Lipinski definition) is 4. The molecule has 2 fully saturated rings. The maximum atomic E-state index is 11.5. The molecule has 9 nitrogen and oxygen atoms in total. The summed E-state index contributed by atoms with van der Waals surface area (Å²) in [4.78, 5) is 11.5. The van der Waals surface area contributed by atoms with Gasteiger partial charge in [0, 0.05) is 6.92 Å². The fourth-order valence-electron chi connectivity index (χ4n) is 3.39. The predicted octanol–water partition coefficient (Wildman–Crippen LogP) is -0.692. The molecule has 2 saturated heterocycles. The predicted molar refractivity (Wildman–Crippen MR) is 108 cm³/mol. The SMILES string of the molecule is CC(=O)N[C@H]1C(O)C(O)C(CO)O[C@H]1Oc1ccc(B2OC(C)(C)C(C)(C)O2)cc1. The van der Waals surface area contributed by atoms with Gasteiger partial charge in [-0.15, -0.1) is 0 Å². The Labute approximate surface area is 176 Å². The monoisotopic (exact) mass is 423 g/mol. The van der Waals surface area contributed by atoms with Crippen LogP contribution in [0.5, 0.6) is 5.75 Å². The highest BCUT2D eigenvalue weighted by atomic mass is 16.7. The zero-order chi connectivity index (χ0) is 22.3. The van der Waals surface area contributed by atoms with Gasteiger partial charge in [-0.25, -0.2) is 0 Å². The highest BCUT2D eigenvalue weighted by Gasteiger charge is 2.51. The lowest BCUT2D eigenvalue weighted by molar-refractivity contribution is -0.244. The number of carbonyl (C=O) groups is 1. The number of benzene rings is 1. The van der Waals surface area contributed by atoms with Crippen LogP contribution in [0.15, 0.2) is 24.3 Å². The molecule has 5 atom stereocenters. The van der Waals surface area contributed by atoms with Crippen LogP contribution in [-0.2, 0) is 18.8 Å². The lowest BCUT2D eigenvalue weighted by atomic mass is 9.79. The highest BCUT2D eigenvalue weighted by Crippen LogP contribution is 2.36. The van der Waals surface area contributed by atoms with Crippen molar-refractivity contribution >= 4 is 18.5 Å². The zero-order valence-electron chi connectivity index (χ0n) is 17.9. The summed E-state index contributed by atoms with van der Waals surface area (Å²) in [5.41, 5.74) is -0.0948. The second-order valence-corrected chi connectivity index (χ2v) is 8.71. The van der Waals surface area contributed by atoms with Crippen molar-refractivity contribution in [3.05, 3.63) is 24.3 Å². The number of nitrogens with one attached hydrogen (secondary N) is 1. The van der Waals surface area contributed by atoms with Crippen molar-refractivity contribution in [1.29, 1.82) is 0 Å². The van der Waals surface area contributed by atoms with E-state index in [4.69, 9.17) is 18.8 Å². The van der Waals surface area contributed by atoms with E-state index in [-0.39, 0.29) is 0 Å². The van der Waals surface area contributed by atoms with Crippen LogP contribution in [0.1, 0.15) is 34.6 Å². The number of amides is 1. The number of carbonyl (C=O) groups excluding carboxylic acids is 1. The topological polar surface area (TPSA) is 127 Å². The summed E-state index contributed by atoms with van der Waals surface area (Å²) in [7, 11) is -0.516. The van der Waals surface area contributed by atoms with E-state index in [0.29, 0.717) is 5.75 Å². The molecule has 166 valence electrons. The number of ether oxygens (including phenoxy) is 2. The van der Waals surface area contributed by atoms with Crippen molar-refractivity contribution in [2.75, 3.05) is 6.61 Å². The second kappa shape index (κ2) is 8.45. The minimum atomic E-state index is -1.37. The second-order valence-electron chi connectivity index (χ2n) is 8.71. The van der Waals surface area contributed by atoms with E-state index in [9.17, 15) is 20.1 Å². The molecule has 1 aromatic carbocycles. The summed E-state index contributed by atoms with van der Waals surface area (Å²) in [5.74, 6) is -0.00194. The molecular weight excluding hydrogens is 393 g/mol. The third kappa shape index (κ3) is 4.49. The highest BCUT2D eigenvalue weighted by molar-refractivity contribution is 6.62. The number of hydrogen-bond acceptors (Lipinski definition) is 8. The van der Waals surface area contributed by atoms with Gasteiger partial charge in [-0.3, -0.25) is 4.79 Å². The lowest BCUT2D eigenvalue weighted by Crippen LogP contribution is -2.65. The molecule has 0 bridgehead atoms. The third-order valence-corrected chi connectivity index (χ3v) is 5.91. The summed E-state index contributed by atoms with van der Waals surface area (Å²) >= 11 is 0. The van der Waals surface area contributed by atoms with Crippen molar-refractivity contribution in [3.8, 4) is 5.75 Å². The van der Waals surface area contributed by atoms with Crippen molar-refractivity contribution in [1.82, 2.24) is 5.32 Å². The molecule has 2 heterocycles. The largest absolute Gasteiger partial charge is 0.494 e. The molecule has 4 N–H and O–H groups in total. The van der Waals surface area contributed by atoms with Gasteiger partial charge in [0.2, 0.25) is 12.2 Å². The number of aliphatic hydroxyl groups is 3. The molecule has 2 aliphatic heterocycles. The number of aliphatic hydroxyl groups excluding tert-OH is 3. The molecule has 0 radical (unpaired) electrons. The van der Waals surface area contributed by atoms with Gasteiger partial charge in [-0.05, 0) is 45.3 Å². The quantitative estimate of drug-likeness (QED) is 0.459. The van der Waals surface area contributed by atoms with Crippen molar-refractivity contribution in [2.24, 2.45) is 0 Å². The standard InChI is InChI=1S/C20H30BNO8/c1-11(24)22-15-17(26)16(25)14(10-23)28-18(15)27-13-8-6-12(7-9-13)21-29-19(2,3)20(4,5)30-21/h6-9,14-18,23,25-26H,10H2,1-5H3,(H,22,24)/t14?,15-,16?,17?,18+/m0/s1. The summed E-state index contributed by atoms with van der Waals surface area (Å²) in [5, 5.41) is 32.4. The smallest absolute Gasteiger partial charge is 0.463 e. The van der Waals surface area contributed by atoms with Crippen molar-refractivity contribution in [2.45, 2.75) is 76.5 Å². The van der Waals surface area contributed by atoms with Gasteiger partial charge in [0.15, 0.2) is 0 Å². The molecule has 0 spiro atoms. The molecule has 30 heavy (non-hydrogen) atoms. The summed E-state index contributed by atoms with van der Waals surface area (Å²) in [6, 6.07) is 5.97. The Morgan fingerprint density at radius 3 is 2.17 bits per heavy atom. The molecule has 2 aliphatic rings. The average molecular weight is 423 g/mol. The van der Waals surface area contributed by atoms with E-state index in [2.05, 4.69) is 5.32 Å². The first-order valence-electron chi connectivity index (χ1n) is 9.97. The lowest BCUT2D eigenvalue weighted by Gasteiger charge is -2.42. The average Bonchev–Trinajstić information content (AvgIpc) is 2.89. The Morgan fingerprint density at radius 2 is 1.67 bits per heavy atom. The third-order valence-electron chi connectivity index (χ3n) is 5.91. The van der Waals surface area contributed by atoms with Crippen LogP contribution in [0.4, 0.5) is 0 Å². The molecule has 1 amide bonds. The Balaban J connectivity index is 1.74. The minimum Gasteiger partial charge on any atom is -0.463 e. The van der Waals surface area contributed by atoms with Gasteiger partial charge in [-0.2, -0.15) is 0 Å². The van der Waals surface area contributed by atoms with Gasteiger partial charge in [0.05, 0.1) is 17.8 Å². The minimum absolute atomic E-state index is 0.413. The maximum Gasteiger partial charge on any atom is 0.494 e. The van der Waals surface area contributed by atoms with Crippen molar-refractivity contribution < 1.29 is 38.9 Å². The van der Waals surface area contributed by atoms with Crippen LogP contribution in [0, 0.1) is 0 Å². The van der Waals surface area contributed by atoms with Gasteiger partial charge >= 0.3 is 7.12 Å². The summed E-state index contributed by atoms with van der Waals surface area (Å²) in [6.07, 6.45) is -4.88. The molecule has 3 unspecified atom stereocenters. The Hall–Kier alpha value is -1.69. The Kier molecular flexibility index (Phi) is 6.47. The zero-order valence-corrected chi connectivity index (χ0v) is 17.9. The molecule has 0 saturated carbocycles. The van der Waals surface area contributed by atoms with E-state index in [1.54, 1.807) is 24.3 Å². The first kappa shape index (κ1) is 23.0. The van der Waals surface area contributed by atoms with Gasteiger partial charge in [0.25, 0.3) is 0 Å². The summed E-state index contributed by atoms with van der Waals surface area (Å²) < 4.78 is 23.5. The first-order chi connectivity index (χ1) is 13.9. The van der Waals surface area contributed by atoms with Gasteiger partial charge < -0.3 is 39.4 Å². The van der Waals surface area contributed by atoms with E-state index in [0.717, 1.165) is 5.46 Å². The van der Waals surface area contributed by atoms with Crippen LogP contribution < -0.4 is 15.5 Å². The van der Waals surface area contributed by atoms with Crippen LogP contribution in [0.25, 0.3) is 0 Å². The van der Waals surface area contributed by atoms with Gasteiger partial charge in [0.1, 0.15) is 30.1 Å². The van der Waals surface area contributed by atoms with Crippen LogP contribution in [-0.4, -0.2) is 76.8 Å². The van der Waals surface area contributed by atoms with E-state index < -0.39 is 61.5 Å². The Bertz CT molecular complexity index is 740. The van der Waals surface area contributed by atoms with Crippen LogP contribution in [0.2, 0.25) is 0 Å². The normalized spacial score (nSPS) is 32.7. The van der Waals surface area contributed by atoms with Crippen LogP contribution >= 0.6 is 0 Å². The molecular formula is C20H30BNO8. The fraction of sp³-hybridized carbons (Fsp3) is 0.650. The fourth-order valence-corrected chi connectivity index (χ4v) is 3.39. The van der Waals surface area contributed by atoms with E-state index in [1.165, 1.54) is 6.92 Å². The Morgan fingerprint density at radius 1 is 1.10 bits per heavy atom. The molecule has 3 rings (SSSR count). The molecule has 1 aromatic rings. The van der Waals surface area contributed by atoms with E-state index >= 15 is 0 Å². The number of rotatable bonds is 5. The summed E-state index contributed by atoms with van der Waals surface area (Å²) in [6.45, 7) is 8.68. The maximum absolute atomic E-state index is 11.5. The van der Waals surface area contributed by atoms with Gasteiger partial charge in [-0.1, -0.05) is 12.1 Å². The molecule has 10 heteroatoms. The molecule has 0 aliphatic carbocycles. The van der Waals surface area contributed by atoms with Crippen molar-refractivity contribution in [3.63, 3.8) is 0 Å². The van der Waals surface area contributed by atoms with Crippen LogP contribution in [0.3, 0.4) is 0 Å². The molecule has 0 aromatic heterocycles.